The van der Waals surface area contributed by atoms with Crippen LogP contribution in [0.1, 0.15) is 46.5 Å². The first-order valence-corrected chi connectivity index (χ1v) is 4.74. The maximum atomic E-state index is 5.59. The smallest absolute Gasteiger partial charge is 0.00720 e. The topological polar surface area (TPSA) is 26.0 Å². The van der Waals surface area contributed by atoms with Crippen molar-refractivity contribution in [2.75, 3.05) is 6.54 Å². The van der Waals surface area contributed by atoms with E-state index in [2.05, 4.69) is 20.8 Å². The first-order valence-electron chi connectivity index (χ1n) is 4.74. The van der Waals surface area contributed by atoms with Gasteiger partial charge in [-0.25, -0.2) is 0 Å². The molecule has 0 atom stereocenters. The molecular formula is C10H21N. The van der Waals surface area contributed by atoms with E-state index in [4.69, 9.17) is 5.73 Å². The highest BCUT2D eigenvalue weighted by Gasteiger charge is 2.46. The maximum Gasteiger partial charge on any atom is -0.00720 e. The Labute approximate surface area is 70.4 Å². The van der Waals surface area contributed by atoms with Crippen LogP contribution in [0.4, 0.5) is 0 Å². The molecule has 0 heterocycles. The van der Waals surface area contributed by atoms with Crippen LogP contribution in [0.15, 0.2) is 0 Å². The van der Waals surface area contributed by atoms with Gasteiger partial charge in [-0.2, -0.15) is 0 Å². The molecule has 1 fully saturated rings. The van der Waals surface area contributed by atoms with E-state index < -0.39 is 0 Å². The summed E-state index contributed by atoms with van der Waals surface area (Å²) in [5, 5.41) is 0. The monoisotopic (exact) mass is 155 g/mol. The predicted molar refractivity (Wildman–Crippen MR) is 49.4 cm³/mol. The number of hydrogen-bond donors (Lipinski definition) is 1. The van der Waals surface area contributed by atoms with E-state index in [0.29, 0.717) is 10.8 Å². The molecule has 66 valence electrons. The van der Waals surface area contributed by atoms with Gasteiger partial charge < -0.3 is 5.73 Å². The fraction of sp³-hybridized carbons (Fsp3) is 1.00. The van der Waals surface area contributed by atoms with Gasteiger partial charge >= 0.3 is 0 Å². The highest BCUT2D eigenvalue weighted by atomic mass is 14.6. The summed E-state index contributed by atoms with van der Waals surface area (Å²) in [6, 6.07) is 0. The Morgan fingerprint density at radius 1 is 1.27 bits per heavy atom. The molecule has 1 aliphatic rings. The molecular weight excluding hydrogens is 134 g/mol. The lowest BCUT2D eigenvalue weighted by Crippen LogP contribution is -2.43. The molecule has 0 spiro atoms. The van der Waals surface area contributed by atoms with E-state index in [9.17, 15) is 0 Å². The second kappa shape index (κ2) is 2.78. The summed E-state index contributed by atoms with van der Waals surface area (Å²) in [5.74, 6) is 0. The zero-order chi connectivity index (χ0) is 8.54. The lowest BCUT2D eigenvalue weighted by Gasteiger charge is -2.53. The summed E-state index contributed by atoms with van der Waals surface area (Å²) in [6.45, 7) is 7.88. The van der Waals surface area contributed by atoms with Crippen molar-refractivity contribution in [1.82, 2.24) is 0 Å². The zero-order valence-corrected chi connectivity index (χ0v) is 8.11. The van der Waals surface area contributed by atoms with E-state index in [1.54, 1.807) is 0 Å². The minimum Gasteiger partial charge on any atom is -0.330 e. The summed E-state index contributed by atoms with van der Waals surface area (Å²) in [4.78, 5) is 0. The molecule has 1 saturated carbocycles. The van der Waals surface area contributed by atoms with E-state index in [1.807, 2.05) is 0 Å². The minimum atomic E-state index is 0.602. The minimum absolute atomic E-state index is 0.602. The summed E-state index contributed by atoms with van der Waals surface area (Å²) in [7, 11) is 0. The van der Waals surface area contributed by atoms with Crippen LogP contribution in [-0.4, -0.2) is 6.54 Å². The van der Waals surface area contributed by atoms with Gasteiger partial charge in [0.2, 0.25) is 0 Å². The molecule has 0 aliphatic heterocycles. The Balaban J connectivity index is 2.43. The molecule has 0 radical (unpaired) electrons. The van der Waals surface area contributed by atoms with Gasteiger partial charge in [-0.1, -0.05) is 27.2 Å². The quantitative estimate of drug-likeness (QED) is 0.666. The highest BCUT2D eigenvalue weighted by molar-refractivity contribution is 4.97. The van der Waals surface area contributed by atoms with Crippen molar-refractivity contribution in [2.24, 2.45) is 16.6 Å². The Hall–Kier alpha value is -0.0400. The van der Waals surface area contributed by atoms with E-state index in [1.165, 1.54) is 25.7 Å². The number of nitrogens with two attached hydrogens (primary N) is 1. The second-order valence-corrected chi connectivity index (χ2v) is 4.91. The lowest BCUT2D eigenvalue weighted by molar-refractivity contribution is -0.0213. The summed E-state index contributed by atoms with van der Waals surface area (Å²) in [5.41, 5.74) is 6.81. The first kappa shape index (κ1) is 9.05. The standard InChI is InChI=1S/C10H21N/c1-4-10(5-6-11)7-9(2,3)8-10/h4-8,11H2,1-3H3. The largest absolute Gasteiger partial charge is 0.330 e. The molecule has 0 aromatic carbocycles. The fourth-order valence-electron chi connectivity index (χ4n) is 2.89. The third kappa shape index (κ3) is 1.76. The lowest BCUT2D eigenvalue weighted by atomic mass is 9.52. The van der Waals surface area contributed by atoms with E-state index in [0.717, 1.165) is 6.54 Å². The van der Waals surface area contributed by atoms with Crippen molar-refractivity contribution in [3.63, 3.8) is 0 Å². The molecule has 0 bridgehead atoms. The Bertz CT molecular complexity index is 130. The van der Waals surface area contributed by atoms with Gasteiger partial charge in [-0.05, 0) is 36.6 Å². The van der Waals surface area contributed by atoms with Crippen LogP contribution in [0.3, 0.4) is 0 Å². The van der Waals surface area contributed by atoms with Crippen molar-refractivity contribution in [3.05, 3.63) is 0 Å². The third-order valence-electron chi connectivity index (χ3n) is 3.13. The number of hydrogen-bond acceptors (Lipinski definition) is 1. The van der Waals surface area contributed by atoms with Gasteiger partial charge in [-0.3, -0.25) is 0 Å². The number of rotatable bonds is 3. The predicted octanol–water partition coefficient (Wildman–Crippen LogP) is 2.55. The van der Waals surface area contributed by atoms with Gasteiger partial charge in [-0.15, -0.1) is 0 Å². The van der Waals surface area contributed by atoms with Gasteiger partial charge in [0.1, 0.15) is 0 Å². The Kier molecular flexibility index (Phi) is 2.29. The third-order valence-corrected chi connectivity index (χ3v) is 3.13. The molecule has 2 N–H and O–H groups in total. The first-order chi connectivity index (χ1) is 5.04. The SMILES string of the molecule is CCC1(CCN)CC(C)(C)C1. The van der Waals surface area contributed by atoms with Crippen LogP contribution >= 0.6 is 0 Å². The Morgan fingerprint density at radius 2 is 1.82 bits per heavy atom. The van der Waals surface area contributed by atoms with Gasteiger partial charge in [0.05, 0.1) is 0 Å². The average molecular weight is 155 g/mol. The average Bonchev–Trinajstić information content (AvgIpc) is 1.84. The van der Waals surface area contributed by atoms with E-state index in [-0.39, 0.29) is 0 Å². The van der Waals surface area contributed by atoms with Crippen LogP contribution in [0.5, 0.6) is 0 Å². The van der Waals surface area contributed by atoms with Crippen molar-refractivity contribution in [1.29, 1.82) is 0 Å². The molecule has 1 nitrogen and oxygen atoms in total. The fourth-order valence-corrected chi connectivity index (χ4v) is 2.89. The molecule has 0 aromatic heterocycles. The van der Waals surface area contributed by atoms with Gasteiger partial charge in [0.15, 0.2) is 0 Å². The Morgan fingerprint density at radius 3 is 2.09 bits per heavy atom. The van der Waals surface area contributed by atoms with Crippen LogP contribution in [-0.2, 0) is 0 Å². The summed E-state index contributed by atoms with van der Waals surface area (Å²) >= 11 is 0. The van der Waals surface area contributed by atoms with Crippen LogP contribution in [0, 0.1) is 10.8 Å². The molecule has 1 heteroatoms. The highest BCUT2D eigenvalue weighted by Crippen LogP contribution is 2.57. The molecule has 1 aliphatic carbocycles. The molecule has 0 unspecified atom stereocenters. The molecule has 1 rings (SSSR count). The molecule has 11 heavy (non-hydrogen) atoms. The van der Waals surface area contributed by atoms with E-state index >= 15 is 0 Å². The normalized spacial score (nSPS) is 26.2. The van der Waals surface area contributed by atoms with Crippen LogP contribution < -0.4 is 5.73 Å². The van der Waals surface area contributed by atoms with Gasteiger partial charge in [0, 0.05) is 0 Å². The van der Waals surface area contributed by atoms with Crippen LogP contribution in [0.25, 0.3) is 0 Å². The maximum absolute atomic E-state index is 5.59. The molecule has 0 saturated heterocycles. The summed E-state index contributed by atoms with van der Waals surface area (Å²) < 4.78 is 0. The van der Waals surface area contributed by atoms with Crippen molar-refractivity contribution >= 4 is 0 Å². The van der Waals surface area contributed by atoms with Crippen molar-refractivity contribution in [2.45, 2.75) is 46.5 Å². The van der Waals surface area contributed by atoms with Gasteiger partial charge in [0.25, 0.3) is 0 Å². The molecule has 0 aromatic rings. The summed E-state index contributed by atoms with van der Waals surface area (Å²) in [6.07, 6.45) is 5.31. The molecule has 0 amide bonds. The van der Waals surface area contributed by atoms with Crippen LogP contribution in [0.2, 0.25) is 0 Å². The van der Waals surface area contributed by atoms with Crippen molar-refractivity contribution in [3.8, 4) is 0 Å². The zero-order valence-electron chi connectivity index (χ0n) is 8.11. The van der Waals surface area contributed by atoms with Crippen molar-refractivity contribution < 1.29 is 0 Å². The second-order valence-electron chi connectivity index (χ2n) is 4.91.